The molecule has 0 saturated heterocycles. The van der Waals surface area contributed by atoms with Crippen molar-refractivity contribution in [2.75, 3.05) is 7.05 Å². The van der Waals surface area contributed by atoms with Gasteiger partial charge in [-0.3, -0.25) is 4.79 Å². The Morgan fingerprint density at radius 1 is 1.16 bits per heavy atom. The molecule has 0 saturated carbocycles. The lowest BCUT2D eigenvalue weighted by Gasteiger charge is -2.37. The first-order chi connectivity index (χ1) is 18.1. The van der Waals surface area contributed by atoms with Crippen molar-refractivity contribution in [3.8, 4) is 6.07 Å². The highest BCUT2D eigenvalue weighted by atomic mass is 35.5. The topological polar surface area (TPSA) is 94.0 Å². The van der Waals surface area contributed by atoms with Crippen LogP contribution in [-0.2, 0) is 34.0 Å². The van der Waals surface area contributed by atoms with E-state index in [0.29, 0.717) is 28.3 Å². The maximum absolute atomic E-state index is 17.4. The number of fused-ring (bicyclic) bond motifs is 3. The molecule has 2 unspecified atom stereocenters. The van der Waals surface area contributed by atoms with Gasteiger partial charge in [0, 0.05) is 41.1 Å². The van der Waals surface area contributed by atoms with Gasteiger partial charge in [0.25, 0.3) is 10.9 Å². The Bertz CT molecular complexity index is 1660. The SMILES string of the molecule is CN(Cc1ccc(C#N)cc1)C(=O)C(F)(C1CCc2c([nH]c3ccc(Cl)cc23)C1)S(=O)(=O)c1ccccc1. The first-order valence-corrected chi connectivity index (χ1v) is 14.0. The quantitative estimate of drug-likeness (QED) is 0.339. The Morgan fingerprint density at radius 2 is 1.87 bits per heavy atom. The van der Waals surface area contributed by atoms with Gasteiger partial charge in [0.1, 0.15) is 0 Å². The molecule has 0 bridgehead atoms. The molecule has 6 nitrogen and oxygen atoms in total. The summed E-state index contributed by atoms with van der Waals surface area (Å²) in [5.41, 5.74) is 3.62. The molecule has 1 amide bonds. The summed E-state index contributed by atoms with van der Waals surface area (Å²) in [6.45, 7) is -0.0105. The van der Waals surface area contributed by atoms with Crippen molar-refractivity contribution in [1.82, 2.24) is 9.88 Å². The highest BCUT2D eigenvalue weighted by molar-refractivity contribution is 7.93. The number of aromatic nitrogens is 1. The number of alkyl halides is 1. The molecule has 5 rings (SSSR count). The van der Waals surface area contributed by atoms with E-state index in [2.05, 4.69) is 4.98 Å². The molecule has 2 atom stereocenters. The van der Waals surface area contributed by atoms with E-state index in [4.69, 9.17) is 16.9 Å². The van der Waals surface area contributed by atoms with Gasteiger partial charge < -0.3 is 9.88 Å². The first-order valence-electron chi connectivity index (χ1n) is 12.2. The van der Waals surface area contributed by atoms with Crippen molar-refractivity contribution in [2.24, 2.45) is 5.92 Å². The Hall–Kier alpha value is -3.67. The molecular weight excluding hydrogens is 525 g/mol. The summed E-state index contributed by atoms with van der Waals surface area (Å²) in [4.78, 5) is 18.0. The monoisotopic (exact) mass is 549 g/mol. The Balaban J connectivity index is 1.54. The third-order valence-corrected chi connectivity index (χ3v) is 9.68. The molecule has 9 heteroatoms. The molecule has 1 aromatic heterocycles. The van der Waals surface area contributed by atoms with Crippen LogP contribution in [0.5, 0.6) is 0 Å². The predicted molar refractivity (Wildman–Crippen MR) is 144 cm³/mol. The van der Waals surface area contributed by atoms with Crippen LogP contribution in [0.3, 0.4) is 0 Å². The van der Waals surface area contributed by atoms with E-state index < -0.39 is 26.7 Å². The second-order valence-electron chi connectivity index (χ2n) is 9.64. The van der Waals surface area contributed by atoms with Gasteiger partial charge in [0.15, 0.2) is 0 Å². The van der Waals surface area contributed by atoms with Crippen LogP contribution < -0.4 is 0 Å². The Morgan fingerprint density at radius 3 is 2.55 bits per heavy atom. The number of aryl methyl sites for hydroxylation is 1. The summed E-state index contributed by atoms with van der Waals surface area (Å²) < 4.78 is 45.1. The number of aromatic amines is 1. The van der Waals surface area contributed by atoms with Gasteiger partial charge in [-0.05, 0) is 72.9 Å². The van der Waals surface area contributed by atoms with E-state index in [1.54, 1.807) is 36.4 Å². The number of amides is 1. The number of nitrogens with one attached hydrogen (secondary N) is 1. The van der Waals surface area contributed by atoms with Crippen molar-refractivity contribution < 1.29 is 17.6 Å². The van der Waals surface area contributed by atoms with Crippen LogP contribution in [0.2, 0.25) is 5.02 Å². The Labute approximate surface area is 225 Å². The van der Waals surface area contributed by atoms with Crippen LogP contribution in [0.4, 0.5) is 4.39 Å². The molecule has 38 heavy (non-hydrogen) atoms. The first kappa shape index (κ1) is 26.0. The van der Waals surface area contributed by atoms with Crippen LogP contribution >= 0.6 is 11.6 Å². The van der Waals surface area contributed by atoms with E-state index in [1.165, 1.54) is 31.3 Å². The number of H-pyrrole nitrogens is 1. The smallest absolute Gasteiger partial charge is 0.295 e. The van der Waals surface area contributed by atoms with Crippen LogP contribution in [0, 0.1) is 17.2 Å². The summed E-state index contributed by atoms with van der Waals surface area (Å²) >= 11 is 6.19. The molecule has 3 aromatic carbocycles. The average Bonchev–Trinajstić information content (AvgIpc) is 3.30. The van der Waals surface area contributed by atoms with Gasteiger partial charge in [-0.2, -0.15) is 5.26 Å². The number of rotatable bonds is 6. The highest BCUT2D eigenvalue weighted by Crippen LogP contribution is 2.44. The van der Waals surface area contributed by atoms with Crippen LogP contribution in [0.1, 0.15) is 28.8 Å². The number of sulfone groups is 1. The summed E-state index contributed by atoms with van der Waals surface area (Å²) in [7, 11) is -3.33. The molecule has 1 aliphatic carbocycles. The van der Waals surface area contributed by atoms with Crippen LogP contribution in [0.25, 0.3) is 10.9 Å². The van der Waals surface area contributed by atoms with E-state index in [1.807, 2.05) is 18.2 Å². The largest absolute Gasteiger partial charge is 0.358 e. The average molecular weight is 550 g/mol. The van der Waals surface area contributed by atoms with Crippen molar-refractivity contribution in [3.63, 3.8) is 0 Å². The number of carbonyl (C=O) groups excluding carboxylic acids is 1. The fraction of sp³-hybridized carbons (Fsp3) is 0.241. The number of halogens is 2. The molecular formula is C29H25ClFN3O3S. The van der Waals surface area contributed by atoms with E-state index >= 15 is 4.39 Å². The van der Waals surface area contributed by atoms with Crippen molar-refractivity contribution >= 4 is 38.2 Å². The second kappa shape index (κ2) is 9.90. The third-order valence-electron chi connectivity index (χ3n) is 7.26. The van der Waals surface area contributed by atoms with E-state index in [0.717, 1.165) is 21.4 Å². The maximum atomic E-state index is 17.4. The highest BCUT2D eigenvalue weighted by Gasteiger charge is 2.59. The van der Waals surface area contributed by atoms with Crippen molar-refractivity contribution in [2.45, 2.75) is 35.7 Å². The molecule has 0 aliphatic heterocycles. The molecule has 0 radical (unpaired) electrons. The molecule has 0 spiro atoms. The molecule has 1 N–H and O–H groups in total. The zero-order valence-corrected chi connectivity index (χ0v) is 22.2. The number of benzene rings is 3. The van der Waals surface area contributed by atoms with Crippen molar-refractivity contribution in [1.29, 1.82) is 5.26 Å². The zero-order valence-electron chi connectivity index (χ0n) is 20.6. The molecule has 4 aromatic rings. The third kappa shape index (κ3) is 4.36. The summed E-state index contributed by atoms with van der Waals surface area (Å²) in [6.07, 6.45) is 0.634. The lowest BCUT2D eigenvalue weighted by Crippen LogP contribution is -2.55. The van der Waals surface area contributed by atoms with Crippen LogP contribution in [0.15, 0.2) is 77.7 Å². The van der Waals surface area contributed by atoms with Gasteiger partial charge in [0.05, 0.1) is 16.5 Å². The van der Waals surface area contributed by atoms with Gasteiger partial charge >= 0.3 is 0 Å². The zero-order chi connectivity index (χ0) is 27.1. The molecule has 1 heterocycles. The predicted octanol–water partition coefficient (Wildman–Crippen LogP) is 5.60. The van der Waals surface area contributed by atoms with Crippen LogP contribution in [-0.4, -0.2) is 36.3 Å². The normalized spacial score (nSPS) is 16.8. The number of hydrogen-bond acceptors (Lipinski definition) is 4. The van der Waals surface area contributed by atoms with E-state index in [9.17, 15) is 13.2 Å². The summed E-state index contributed by atoms with van der Waals surface area (Å²) in [5.74, 6) is -2.22. The standard InChI is InChI=1S/C29H25ClFN3O3S/c1-34(18-20-9-7-19(17-32)8-10-20)28(35)29(31,38(36,37)23-5-3-2-4-6-23)21-11-13-24-25-16-22(30)12-14-26(25)33-27(24)15-21/h2-10,12,14,16,21,33H,11,13,15,18H2,1H3. The lowest BCUT2D eigenvalue weighted by molar-refractivity contribution is -0.141. The number of nitrogens with zero attached hydrogens (tertiary/aromatic N) is 2. The lowest BCUT2D eigenvalue weighted by atomic mass is 9.83. The maximum Gasteiger partial charge on any atom is 0.295 e. The second-order valence-corrected chi connectivity index (χ2v) is 12.2. The summed E-state index contributed by atoms with van der Waals surface area (Å²) in [6, 6.07) is 21.3. The van der Waals surface area contributed by atoms with E-state index in [-0.39, 0.29) is 24.3 Å². The number of nitriles is 1. The summed E-state index contributed by atoms with van der Waals surface area (Å²) in [5, 5.41) is 7.34. The van der Waals surface area contributed by atoms with Gasteiger partial charge in [-0.25, -0.2) is 12.8 Å². The fourth-order valence-corrected chi connectivity index (χ4v) is 7.35. The molecule has 0 fully saturated rings. The number of carbonyl (C=O) groups is 1. The minimum atomic E-state index is -4.72. The minimum Gasteiger partial charge on any atom is -0.358 e. The molecule has 194 valence electrons. The van der Waals surface area contributed by atoms with Gasteiger partial charge in [-0.1, -0.05) is 41.9 Å². The minimum absolute atomic E-state index is 0.0105. The molecule has 1 aliphatic rings. The Kier molecular flexibility index (Phi) is 6.76. The number of hydrogen-bond donors (Lipinski definition) is 1. The van der Waals surface area contributed by atoms with Gasteiger partial charge in [0.2, 0.25) is 9.84 Å². The fourth-order valence-electron chi connectivity index (χ4n) is 5.29. The van der Waals surface area contributed by atoms with Gasteiger partial charge in [-0.15, -0.1) is 0 Å². The van der Waals surface area contributed by atoms with Crippen molar-refractivity contribution in [3.05, 3.63) is 100 Å².